The fourth-order valence-electron chi connectivity index (χ4n) is 7.54. The molecule has 2 atom stereocenters. The summed E-state index contributed by atoms with van der Waals surface area (Å²) in [5, 5.41) is 12.1. The Kier molecular flexibility index (Phi) is 6.60. The molecular weight excluding hydrogens is 615 g/mol. The smallest absolute Gasteiger partial charge is 0.143 e. The Labute approximate surface area is 288 Å². The average Bonchev–Trinajstić information content (AvgIpc) is 3.75. The van der Waals surface area contributed by atoms with Crippen LogP contribution >= 0.6 is 0 Å². The maximum Gasteiger partial charge on any atom is 0.143 e. The molecule has 50 heavy (non-hydrogen) atoms. The van der Waals surface area contributed by atoms with Gasteiger partial charge in [0.15, 0.2) is 0 Å². The van der Waals surface area contributed by atoms with Crippen molar-refractivity contribution >= 4 is 49.6 Å². The van der Waals surface area contributed by atoms with Gasteiger partial charge in [0.25, 0.3) is 0 Å². The van der Waals surface area contributed by atoms with E-state index >= 15 is 0 Å². The Morgan fingerprint density at radius 3 is 2.16 bits per heavy atom. The van der Waals surface area contributed by atoms with Crippen molar-refractivity contribution in [2.24, 2.45) is 4.99 Å². The van der Waals surface area contributed by atoms with Crippen molar-refractivity contribution in [3.8, 4) is 16.8 Å². The molecule has 1 aliphatic heterocycles. The van der Waals surface area contributed by atoms with Crippen LogP contribution in [0.15, 0.2) is 173 Å². The molecule has 3 aromatic heterocycles. The van der Waals surface area contributed by atoms with Crippen molar-refractivity contribution in [2.75, 3.05) is 0 Å². The zero-order valence-corrected chi connectivity index (χ0v) is 27.0. The summed E-state index contributed by atoms with van der Waals surface area (Å²) in [6.45, 7) is 0. The zero-order chi connectivity index (χ0) is 33.0. The van der Waals surface area contributed by atoms with Crippen LogP contribution in [0.1, 0.15) is 29.0 Å². The lowest BCUT2D eigenvalue weighted by Crippen LogP contribution is -2.45. The van der Waals surface area contributed by atoms with Gasteiger partial charge in [0.1, 0.15) is 29.3 Å². The lowest BCUT2D eigenvalue weighted by Gasteiger charge is -2.32. The van der Waals surface area contributed by atoms with Crippen molar-refractivity contribution in [2.45, 2.75) is 12.3 Å². The molecule has 2 N–H and O–H groups in total. The van der Waals surface area contributed by atoms with Crippen LogP contribution in [-0.2, 0) is 0 Å². The summed E-state index contributed by atoms with van der Waals surface area (Å²) in [7, 11) is 0. The monoisotopic (exact) mass is 645 g/mol. The van der Waals surface area contributed by atoms with Gasteiger partial charge in [-0.3, -0.25) is 10.3 Å². The van der Waals surface area contributed by atoms with Gasteiger partial charge in [-0.15, -0.1) is 0 Å². The fraction of sp³-hybridized carbons (Fsp3) is 0.0455. The van der Waals surface area contributed by atoms with Gasteiger partial charge in [0.2, 0.25) is 0 Å². The predicted octanol–water partition coefficient (Wildman–Crippen LogP) is 10.1. The lowest BCUT2D eigenvalue weighted by molar-refractivity contribution is 0.411. The van der Waals surface area contributed by atoms with Gasteiger partial charge in [-0.25, -0.2) is 4.99 Å². The van der Waals surface area contributed by atoms with Crippen molar-refractivity contribution in [1.82, 2.24) is 20.2 Å². The number of hydrogen-bond acceptors (Lipinski definition) is 5. The molecule has 0 radical (unpaired) electrons. The molecule has 10 rings (SSSR count). The number of hydrogen-bond donors (Lipinski definition) is 2. The average molecular weight is 646 g/mol. The van der Waals surface area contributed by atoms with Crippen molar-refractivity contribution in [3.63, 3.8) is 0 Å². The number of para-hydroxylation sites is 2. The molecule has 0 saturated heterocycles. The molecule has 2 unspecified atom stereocenters. The SMILES string of the molecule is c1ccc(C2=NC(c3ccccc3)NC(c3ccc(-c4cccnc4)c4oc5ccc6c7ccccc7n(-c7ccccc7)c6c5c34)N2)cc1. The van der Waals surface area contributed by atoms with Crippen molar-refractivity contribution < 1.29 is 4.42 Å². The third-order valence-corrected chi connectivity index (χ3v) is 9.77. The van der Waals surface area contributed by atoms with Crippen LogP contribution in [0.3, 0.4) is 0 Å². The normalized spacial score (nSPS) is 16.2. The highest BCUT2D eigenvalue weighted by molar-refractivity contribution is 6.26. The summed E-state index contributed by atoms with van der Waals surface area (Å²) in [4.78, 5) is 9.65. The highest BCUT2D eigenvalue weighted by atomic mass is 16.3. The number of amidine groups is 1. The summed E-state index contributed by atoms with van der Waals surface area (Å²) in [5.41, 5.74) is 10.2. The van der Waals surface area contributed by atoms with E-state index in [-0.39, 0.29) is 12.3 Å². The van der Waals surface area contributed by atoms with E-state index in [4.69, 9.17) is 9.41 Å². The van der Waals surface area contributed by atoms with Gasteiger partial charge in [-0.2, -0.15) is 0 Å². The van der Waals surface area contributed by atoms with E-state index in [1.165, 1.54) is 10.8 Å². The number of rotatable bonds is 5. The van der Waals surface area contributed by atoms with Gasteiger partial charge >= 0.3 is 0 Å². The molecule has 0 amide bonds. The Balaban J connectivity index is 1.30. The number of benzene rings is 6. The minimum atomic E-state index is -0.288. The van der Waals surface area contributed by atoms with E-state index < -0.39 is 0 Å². The van der Waals surface area contributed by atoms with Gasteiger partial charge in [0.05, 0.1) is 16.4 Å². The molecule has 4 heterocycles. The summed E-state index contributed by atoms with van der Waals surface area (Å²) >= 11 is 0. The van der Waals surface area contributed by atoms with Crippen LogP contribution in [0.2, 0.25) is 0 Å². The van der Waals surface area contributed by atoms with E-state index in [1.807, 2.05) is 24.4 Å². The fourth-order valence-corrected chi connectivity index (χ4v) is 7.54. The molecule has 6 heteroatoms. The number of aliphatic imine (C=N–C) groups is 1. The largest absolute Gasteiger partial charge is 0.455 e. The first-order valence-corrected chi connectivity index (χ1v) is 16.9. The molecule has 9 aromatic rings. The second-order valence-electron chi connectivity index (χ2n) is 12.7. The molecule has 6 aromatic carbocycles. The molecule has 0 bridgehead atoms. The molecule has 0 saturated carbocycles. The first kappa shape index (κ1) is 28.5. The first-order valence-electron chi connectivity index (χ1n) is 16.9. The number of pyridine rings is 1. The van der Waals surface area contributed by atoms with Gasteiger partial charge in [-0.1, -0.05) is 115 Å². The molecule has 238 valence electrons. The summed E-state index contributed by atoms with van der Waals surface area (Å²) in [6, 6.07) is 52.8. The zero-order valence-electron chi connectivity index (χ0n) is 27.0. The quantitative estimate of drug-likeness (QED) is 0.196. The number of nitrogens with zero attached hydrogens (tertiary/aromatic N) is 3. The Hall–Kier alpha value is -6.50. The predicted molar refractivity (Wildman–Crippen MR) is 202 cm³/mol. The molecule has 1 aliphatic rings. The summed E-state index contributed by atoms with van der Waals surface area (Å²) in [6.07, 6.45) is 3.16. The molecule has 0 fully saturated rings. The van der Waals surface area contributed by atoms with Gasteiger partial charge in [-0.05, 0) is 42.0 Å². The second kappa shape index (κ2) is 11.6. The van der Waals surface area contributed by atoms with Crippen LogP contribution in [0.4, 0.5) is 0 Å². The van der Waals surface area contributed by atoms with E-state index in [0.29, 0.717) is 0 Å². The molecule has 0 aliphatic carbocycles. The second-order valence-corrected chi connectivity index (χ2v) is 12.7. The highest BCUT2D eigenvalue weighted by Crippen LogP contribution is 2.45. The molecular formula is C44H31N5O. The molecule has 0 spiro atoms. The van der Waals surface area contributed by atoms with Crippen LogP contribution in [0.25, 0.3) is 60.6 Å². The van der Waals surface area contributed by atoms with Gasteiger partial charge < -0.3 is 14.3 Å². The maximum absolute atomic E-state index is 6.96. The Bertz CT molecular complexity index is 2700. The minimum Gasteiger partial charge on any atom is -0.455 e. The molecule has 6 nitrogen and oxygen atoms in total. The number of nitrogens with one attached hydrogen (secondary N) is 2. The minimum absolute atomic E-state index is 0.264. The number of furan rings is 1. The summed E-state index contributed by atoms with van der Waals surface area (Å²) in [5.74, 6) is 0.837. The van der Waals surface area contributed by atoms with Crippen LogP contribution in [0.5, 0.6) is 0 Å². The van der Waals surface area contributed by atoms with E-state index in [0.717, 1.165) is 72.3 Å². The topological polar surface area (TPSA) is 67.4 Å². The van der Waals surface area contributed by atoms with Crippen molar-refractivity contribution in [1.29, 1.82) is 0 Å². The third kappa shape index (κ3) is 4.54. The summed E-state index contributed by atoms with van der Waals surface area (Å²) < 4.78 is 9.34. The number of aromatic nitrogens is 2. The van der Waals surface area contributed by atoms with Crippen LogP contribution in [0, 0.1) is 0 Å². The maximum atomic E-state index is 6.96. The highest BCUT2D eigenvalue weighted by Gasteiger charge is 2.30. The van der Waals surface area contributed by atoms with E-state index in [2.05, 4.69) is 154 Å². The number of fused-ring (bicyclic) bond motifs is 7. The Morgan fingerprint density at radius 2 is 1.36 bits per heavy atom. The first-order chi connectivity index (χ1) is 24.8. The van der Waals surface area contributed by atoms with Crippen molar-refractivity contribution in [3.05, 3.63) is 181 Å². The lowest BCUT2D eigenvalue weighted by atomic mass is 9.96. The van der Waals surface area contributed by atoms with Gasteiger partial charge in [0, 0.05) is 56.5 Å². The third-order valence-electron chi connectivity index (χ3n) is 9.77. The van der Waals surface area contributed by atoms with E-state index in [1.54, 1.807) is 6.20 Å². The van der Waals surface area contributed by atoms with E-state index in [9.17, 15) is 0 Å². The van der Waals surface area contributed by atoms with Crippen LogP contribution < -0.4 is 10.6 Å². The standard InChI is InChI=1S/C44H31N5O/c1-4-13-28(14-5-1)42-46-43(29-15-6-2-7-16-29)48-44(47-42)35-23-22-32(30-17-12-26-45-27-30)41-38(35)39-37(50-41)25-24-34-33-20-10-11-21-36(33)49(40(34)39)31-18-8-3-9-19-31/h1-27,42,44,47H,(H,46,48). The Morgan fingerprint density at radius 1 is 0.620 bits per heavy atom. The van der Waals surface area contributed by atoms with Crippen LogP contribution in [-0.4, -0.2) is 15.4 Å².